The van der Waals surface area contributed by atoms with Gasteiger partial charge in [-0.15, -0.1) is 0 Å². The zero-order valence-electron chi connectivity index (χ0n) is 11.8. The SMILES string of the molecule is COc1ccc(C(O)CCNCc2ccccc2)cc1. The second-order valence-electron chi connectivity index (χ2n) is 4.74. The van der Waals surface area contributed by atoms with Crippen LogP contribution in [0.25, 0.3) is 0 Å². The number of benzene rings is 2. The summed E-state index contributed by atoms with van der Waals surface area (Å²) < 4.78 is 5.10. The van der Waals surface area contributed by atoms with Crippen LogP contribution in [0.5, 0.6) is 5.75 Å². The maximum absolute atomic E-state index is 10.1. The highest BCUT2D eigenvalue weighted by molar-refractivity contribution is 5.28. The molecule has 0 saturated carbocycles. The lowest BCUT2D eigenvalue weighted by Gasteiger charge is -2.12. The van der Waals surface area contributed by atoms with Gasteiger partial charge in [0.2, 0.25) is 0 Å². The summed E-state index contributed by atoms with van der Waals surface area (Å²) in [6, 6.07) is 17.8. The van der Waals surface area contributed by atoms with Crippen LogP contribution in [0.4, 0.5) is 0 Å². The molecule has 3 nitrogen and oxygen atoms in total. The number of methoxy groups -OCH3 is 1. The first-order valence-electron chi connectivity index (χ1n) is 6.86. The van der Waals surface area contributed by atoms with Crippen molar-refractivity contribution < 1.29 is 9.84 Å². The third-order valence-corrected chi connectivity index (χ3v) is 3.27. The first kappa shape index (κ1) is 14.6. The number of ether oxygens (including phenoxy) is 1. The Hall–Kier alpha value is -1.84. The number of aliphatic hydroxyl groups excluding tert-OH is 1. The molecule has 1 atom stereocenters. The lowest BCUT2D eigenvalue weighted by molar-refractivity contribution is 0.166. The second kappa shape index (κ2) is 7.68. The average molecular weight is 271 g/mol. The Kier molecular flexibility index (Phi) is 5.59. The van der Waals surface area contributed by atoms with Crippen LogP contribution >= 0.6 is 0 Å². The van der Waals surface area contributed by atoms with E-state index in [0.29, 0.717) is 6.42 Å². The highest BCUT2D eigenvalue weighted by Crippen LogP contribution is 2.19. The molecular formula is C17H21NO2. The Labute approximate surface area is 120 Å². The first-order valence-corrected chi connectivity index (χ1v) is 6.86. The molecule has 2 aromatic rings. The summed E-state index contributed by atoms with van der Waals surface area (Å²) in [6.07, 6.45) is 0.253. The minimum atomic E-state index is -0.441. The van der Waals surface area contributed by atoms with Crippen LogP contribution < -0.4 is 10.1 Å². The lowest BCUT2D eigenvalue weighted by Crippen LogP contribution is -2.17. The summed E-state index contributed by atoms with van der Waals surface area (Å²) in [5.74, 6) is 0.808. The van der Waals surface area contributed by atoms with Crippen molar-refractivity contribution in [3.8, 4) is 5.75 Å². The number of rotatable bonds is 7. The van der Waals surface area contributed by atoms with E-state index in [2.05, 4.69) is 17.4 Å². The van der Waals surface area contributed by atoms with Gasteiger partial charge < -0.3 is 15.2 Å². The smallest absolute Gasteiger partial charge is 0.118 e. The van der Waals surface area contributed by atoms with Gasteiger partial charge in [0.15, 0.2) is 0 Å². The molecule has 2 rings (SSSR count). The molecule has 0 saturated heterocycles. The van der Waals surface area contributed by atoms with Crippen molar-refractivity contribution in [1.29, 1.82) is 0 Å². The van der Waals surface area contributed by atoms with Gasteiger partial charge in [0.05, 0.1) is 13.2 Å². The van der Waals surface area contributed by atoms with E-state index < -0.39 is 6.10 Å². The lowest BCUT2D eigenvalue weighted by atomic mass is 10.1. The van der Waals surface area contributed by atoms with E-state index in [4.69, 9.17) is 4.74 Å². The van der Waals surface area contributed by atoms with Crippen LogP contribution in [-0.4, -0.2) is 18.8 Å². The number of nitrogens with one attached hydrogen (secondary N) is 1. The molecule has 0 aliphatic rings. The molecule has 106 valence electrons. The summed E-state index contributed by atoms with van der Waals surface area (Å²) in [7, 11) is 1.64. The van der Waals surface area contributed by atoms with E-state index in [1.54, 1.807) is 7.11 Å². The minimum Gasteiger partial charge on any atom is -0.497 e. The molecule has 2 N–H and O–H groups in total. The van der Waals surface area contributed by atoms with E-state index in [9.17, 15) is 5.11 Å². The van der Waals surface area contributed by atoms with Crippen LogP contribution in [0.1, 0.15) is 23.7 Å². The van der Waals surface area contributed by atoms with Gasteiger partial charge in [-0.3, -0.25) is 0 Å². The Morgan fingerprint density at radius 2 is 1.75 bits per heavy atom. The van der Waals surface area contributed by atoms with Gasteiger partial charge in [0.25, 0.3) is 0 Å². The minimum absolute atomic E-state index is 0.441. The molecule has 1 unspecified atom stereocenters. The van der Waals surface area contributed by atoms with E-state index in [-0.39, 0.29) is 0 Å². The van der Waals surface area contributed by atoms with Gasteiger partial charge in [-0.05, 0) is 36.2 Å². The summed E-state index contributed by atoms with van der Waals surface area (Å²) in [5.41, 5.74) is 2.18. The maximum Gasteiger partial charge on any atom is 0.118 e. The molecule has 0 amide bonds. The first-order chi connectivity index (χ1) is 9.79. The Balaban J connectivity index is 1.73. The fourth-order valence-electron chi connectivity index (χ4n) is 2.06. The van der Waals surface area contributed by atoms with E-state index in [0.717, 1.165) is 24.4 Å². The zero-order valence-corrected chi connectivity index (χ0v) is 11.8. The Morgan fingerprint density at radius 3 is 2.40 bits per heavy atom. The second-order valence-corrected chi connectivity index (χ2v) is 4.74. The number of hydrogen-bond donors (Lipinski definition) is 2. The fourth-order valence-corrected chi connectivity index (χ4v) is 2.06. The van der Waals surface area contributed by atoms with Crippen molar-refractivity contribution in [2.75, 3.05) is 13.7 Å². The molecule has 0 bridgehead atoms. The van der Waals surface area contributed by atoms with Gasteiger partial charge in [-0.2, -0.15) is 0 Å². The van der Waals surface area contributed by atoms with Crippen LogP contribution in [-0.2, 0) is 6.54 Å². The molecule has 0 aliphatic heterocycles. The molecule has 0 aromatic heterocycles. The van der Waals surface area contributed by atoms with E-state index >= 15 is 0 Å². The van der Waals surface area contributed by atoms with Crippen LogP contribution in [0.2, 0.25) is 0 Å². The van der Waals surface area contributed by atoms with Crippen molar-refractivity contribution in [1.82, 2.24) is 5.32 Å². The third kappa shape index (κ3) is 4.37. The molecular weight excluding hydrogens is 250 g/mol. The predicted octanol–water partition coefficient (Wildman–Crippen LogP) is 2.91. The number of aliphatic hydroxyl groups is 1. The summed E-state index contributed by atoms with van der Waals surface area (Å²) in [4.78, 5) is 0. The summed E-state index contributed by atoms with van der Waals surface area (Å²) in [6.45, 7) is 1.61. The molecule has 0 fully saturated rings. The van der Waals surface area contributed by atoms with Gasteiger partial charge >= 0.3 is 0 Å². The van der Waals surface area contributed by atoms with Gasteiger partial charge in [-0.1, -0.05) is 42.5 Å². The Bertz CT molecular complexity index is 496. The summed E-state index contributed by atoms with van der Waals surface area (Å²) in [5, 5.41) is 13.4. The maximum atomic E-state index is 10.1. The van der Waals surface area contributed by atoms with E-state index in [1.807, 2.05) is 42.5 Å². The third-order valence-electron chi connectivity index (χ3n) is 3.27. The molecule has 2 aromatic carbocycles. The van der Waals surface area contributed by atoms with Crippen LogP contribution in [0, 0.1) is 0 Å². The molecule has 0 spiro atoms. The average Bonchev–Trinajstić information content (AvgIpc) is 2.52. The normalized spacial score (nSPS) is 12.1. The van der Waals surface area contributed by atoms with Crippen LogP contribution in [0.15, 0.2) is 54.6 Å². The highest BCUT2D eigenvalue weighted by Gasteiger charge is 2.06. The molecule has 0 heterocycles. The van der Waals surface area contributed by atoms with Crippen molar-refractivity contribution in [2.24, 2.45) is 0 Å². The van der Waals surface area contributed by atoms with Crippen molar-refractivity contribution >= 4 is 0 Å². The summed E-state index contributed by atoms with van der Waals surface area (Å²) >= 11 is 0. The fraction of sp³-hybridized carbons (Fsp3) is 0.294. The van der Waals surface area contributed by atoms with Crippen molar-refractivity contribution in [3.05, 3.63) is 65.7 Å². The zero-order chi connectivity index (χ0) is 14.2. The standard InChI is InChI=1S/C17H21NO2/c1-20-16-9-7-15(8-10-16)17(19)11-12-18-13-14-5-3-2-4-6-14/h2-10,17-19H,11-13H2,1H3. The van der Waals surface area contributed by atoms with Crippen molar-refractivity contribution in [2.45, 2.75) is 19.1 Å². The molecule has 20 heavy (non-hydrogen) atoms. The molecule has 0 radical (unpaired) electrons. The highest BCUT2D eigenvalue weighted by atomic mass is 16.5. The molecule has 3 heteroatoms. The monoisotopic (exact) mass is 271 g/mol. The van der Waals surface area contributed by atoms with Crippen LogP contribution in [0.3, 0.4) is 0 Å². The van der Waals surface area contributed by atoms with Gasteiger partial charge in [-0.25, -0.2) is 0 Å². The van der Waals surface area contributed by atoms with Crippen molar-refractivity contribution in [3.63, 3.8) is 0 Å². The number of hydrogen-bond acceptors (Lipinski definition) is 3. The van der Waals surface area contributed by atoms with Gasteiger partial charge in [0.1, 0.15) is 5.75 Å². The predicted molar refractivity (Wildman–Crippen MR) is 80.7 cm³/mol. The van der Waals surface area contributed by atoms with Gasteiger partial charge in [0, 0.05) is 6.54 Å². The molecule has 0 aliphatic carbocycles. The topological polar surface area (TPSA) is 41.5 Å². The quantitative estimate of drug-likeness (QED) is 0.761. The Morgan fingerprint density at radius 1 is 1.05 bits per heavy atom. The largest absolute Gasteiger partial charge is 0.497 e. The van der Waals surface area contributed by atoms with E-state index in [1.165, 1.54) is 5.56 Å².